The van der Waals surface area contributed by atoms with Gasteiger partial charge in [0, 0.05) is 31.5 Å². The van der Waals surface area contributed by atoms with E-state index in [0.29, 0.717) is 11.0 Å². The molecule has 0 N–H and O–H groups in total. The van der Waals surface area contributed by atoms with Crippen molar-refractivity contribution < 1.29 is 4.74 Å². The third-order valence-electron chi connectivity index (χ3n) is 2.94. The average Bonchev–Trinajstić information content (AvgIpc) is 2.68. The number of ether oxygens (including phenoxy) is 1. The molecule has 0 amide bonds. The zero-order valence-electron chi connectivity index (χ0n) is 10.8. The van der Waals surface area contributed by atoms with Crippen molar-refractivity contribution in [2.75, 3.05) is 7.11 Å². The van der Waals surface area contributed by atoms with Gasteiger partial charge in [-0.15, -0.1) is 0 Å². The van der Waals surface area contributed by atoms with Crippen LogP contribution in [-0.2, 0) is 11.8 Å². The Morgan fingerprint density at radius 2 is 2.11 bits per heavy atom. The van der Waals surface area contributed by atoms with Crippen LogP contribution < -0.4 is 0 Å². The second kappa shape index (κ2) is 5.04. The molecule has 96 valence electrons. The van der Waals surface area contributed by atoms with Crippen molar-refractivity contribution in [3.05, 3.63) is 28.9 Å². The molecule has 18 heavy (non-hydrogen) atoms. The van der Waals surface area contributed by atoms with Crippen molar-refractivity contribution in [1.82, 2.24) is 19.7 Å². The van der Waals surface area contributed by atoms with E-state index in [-0.39, 0.29) is 6.10 Å². The van der Waals surface area contributed by atoms with E-state index in [9.17, 15) is 0 Å². The van der Waals surface area contributed by atoms with E-state index in [2.05, 4.69) is 15.1 Å². The highest BCUT2D eigenvalue weighted by Gasteiger charge is 2.14. The minimum Gasteiger partial charge on any atom is -0.374 e. The minimum atomic E-state index is -0.195. The molecule has 5 nitrogen and oxygen atoms in total. The molecule has 0 saturated heterocycles. The lowest BCUT2D eigenvalue weighted by atomic mass is 10.2. The lowest BCUT2D eigenvalue weighted by molar-refractivity contribution is 0.112. The normalized spacial score (nSPS) is 12.7. The van der Waals surface area contributed by atoms with Crippen molar-refractivity contribution in [3.63, 3.8) is 0 Å². The van der Waals surface area contributed by atoms with E-state index in [1.54, 1.807) is 24.1 Å². The number of hydrogen-bond acceptors (Lipinski definition) is 4. The van der Waals surface area contributed by atoms with Crippen molar-refractivity contribution in [2.45, 2.75) is 20.0 Å². The highest BCUT2D eigenvalue weighted by molar-refractivity contribution is 6.29. The zero-order chi connectivity index (χ0) is 13.3. The Labute approximate surface area is 111 Å². The molecule has 2 aromatic heterocycles. The molecule has 1 atom stereocenters. The van der Waals surface area contributed by atoms with E-state index in [1.165, 1.54) is 0 Å². The number of halogens is 1. The largest absolute Gasteiger partial charge is 0.374 e. The summed E-state index contributed by atoms with van der Waals surface area (Å²) < 4.78 is 7.01. The molecule has 2 rings (SSSR count). The van der Waals surface area contributed by atoms with Gasteiger partial charge in [0.25, 0.3) is 0 Å². The molecule has 0 radical (unpaired) electrons. The van der Waals surface area contributed by atoms with E-state index in [1.807, 2.05) is 20.9 Å². The van der Waals surface area contributed by atoms with Crippen LogP contribution in [0.3, 0.4) is 0 Å². The van der Waals surface area contributed by atoms with Gasteiger partial charge in [0.2, 0.25) is 0 Å². The topological polar surface area (TPSA) is 52.8 Å². The molecule has 0 bridgehead atoms. The summed E-state index contributed by atoms with van der Waals surface area (Å²) in [5.74, 6) is 0.572. The summed E-state index contributed by atoms with van der Waals surface area (Å²) in [5.41, 5.74) is 2.74. The third kappa shape index (κ3) is 2.37. The van der Waals surface area contributed by atoms with Gasteiger partial charge >= 0.3 is 0 Å². The summed E-state index contributed by atoms with van der Waals surface area (Å²) in [5, 5.41) is 4.60. The maximum atomic E-state index is 6.03. The lowest BCUT2D eigenvalue weighted by Crippen LogP contribution is -2.04. The molecular weight excluding hydrogens is 252 g/mol. The van der Waals surface area contributed by atoms with Gasteiger partial charge in [-0.3, -0.25) is 4.68 Å². The maximum Gasteiger partial charge on any atom is 0.159 e. The molecule has 2 heterocycles. The molecule has 0 fully saturated rings. The predicted molar refractivity (Wildman–Crippen MR) is 69.4 cm³/mol. The fourth-order valence-corrected chi connectivity index (χ4v) is 1.80. The van der Waals surface area contributed by atoms with Gasteiger partial charge in [-0.1, -0.05) is 11.6 Å². The Kier molecular flexibility index (Phi) is 3.63. The Hall–Kier alpha value is -1.46. The third-order valence-corrected chi connectivity index (χ3v) is 3.13. The molecule has 0 aliphatic carbocycles. The van der Waals surface area contributed by atoms with E-state index >= 15 is 0 Å². The van der Waals surface area contributed by atoms with Crippen LogP contribution in [0.15, 0.2) is 12.3 Å². The average molecular weight is 267 g/mol. The van der Waals surface area contributed by atoms with Crippen LogP contribution in [-0.4, -0.2) is 26.9 Å². The molecule has 0 saturated carbocycles. The number of methoxy groups -OCH3 is 1. The lowest BCUT2D eigenvalue weighted by Gasteiger charge is -2.10. The Morgan fingerprint density at radius 1 is 1.39 bits per heavy atom. The van der Waals surface area contributed by atoms with Gasteiger partial charge < -0.3 is 4.74 Å². The summed E-state index contributed by atoms with van der Waals surface area (Å²) in [4.78, 5) is 8.64. The SMILES string of the molecule is CO[C@@H](C)c1nc(Cl)cc(-c2cnn(C)c2C)n1. The molecular formula is C12H15ClN4O. The Morgan fingerprint density at radius 3 is 2.67 bits per heavy atom. The zero-order valence-corrected chi connectivity index (χ0v) is 11.6. The molecule has 6 heteroatoms. The van der Waals surface area contributed by atoms with Crippen molar-refractivity contribution in [2.24, 2.45) is 7.05 Å². The minimum absolute atomic E-state index is 0.195. The fourth-order valence-electron chi connectivity index (χ4n) is 1.61. The van der Waals surface area contributed by atoms with Gasteiger partial charge in [0.15, 0.2) is 5.82 Å². The quantitative estimate of drug-likeness (QED) is 0.801. The number of nitrogens with zero attached hydrogens (tertiary/aromatic N) is 4. The van der Waals surface area contributed by atoms with Crippen molar-refractivity contribution in [1.29, 1.82) is 0 Å². The maximum absolute atomic E-state index is 6.03. The first-order valence-corrected chi connectivity index (χ1v) is 5.97. The number of rotatable bonds is 3. The van der Waals surface area contributed by atoms with Gasteiger partial charge in [-0.25, -0.2) is 9.97 Å². The van der Waals surface area contributed by atoms with Gasteiger partial charge in [0.1, 0.15) is 11.3 Å². The van der Waals surface area contributed by atoms with Crippen LogP contribution in [0.2, 0.25) is 5.15 Å². The molecule has 0 aliphatic heterocycles. The highest BCUT2D eigenvalue weighted by Crippen LogP contribution is 2.24. The Bertz CT molecular complexity index is 567. The standard InChI is InChI=1S/C12H15ClN4O/c1-7-9(6-14-17(7)3)10-5-11(13)16-12(15-10)8(2)18-4/h5-6,8H,1-4H3/t8-/m0/s1. The van der Waals surface area contributed by atoms with Crippen molar-refractivity contribution in [3.8, 4) is 11.3 Å². The van der Waals surface area contributed by atoms with E-state index in [4.69, 9.17) is 16.3 Å². The molecule has 2 aromatic rings. The second-order valence-corrected chi connectivity index (χ2v) is 4.47. The molecule has 0 aliphatic rings. The summed E-state index contributed by atoms with van der Waals surface area (Å²) in [6, 6.07) is 1.73. The van der Waals surface area contributed by atoms with Crippen LogP contribution in [0.1, 0.15) is 24.5 Å². The highest BCUT2D eigenvalue weighted by atomic mass is 35.5. The van der Waals surface area contributed by atoms with Gasteiger partial charge in [-0.2, -0.15) is 5.10 Å². The summed E-state index contributed by atoms with van der Waals surface area (Å²) in [6.45, 7) is 3.86. The summed E-state index contributed by atoms with van der Waals surface area (Å²) in [7, 11) is 3.50. The second-order valence-electron chi connectivity index (χ2n) is 4.08. The van der Waals surface area contributed by atoms with E-state index < -0.39 is 0 Å². The van der Waals surface area contributed by atoms with E-state index in [0.717, 1.165) is 17.0 Å². The molecule has 0 spiro atoms. The van der Waals surface area contributed by atoms with Gasteiger partial charge in [0.05, 0.1) is 11.9 Å². The fraction of sp³-hybridized carbons (Fsp3) is 0.417. The van der Waals surface area contributed by atoms with Crippen LogP contribution in [0.5, 0.6) is 0 Å². The van der Waals surface area contributed by atoms with Crippen molar-refractivity contribution >= 4 is 11.6 Å². The van der Waals surface area contributed by atoms with Crippen LogP contribution >= 0.6 is 11.6 Å². The summed E-state index contributed by atoms with van der Waals surface area (Å²) >= 11 is 6.03. The number of hydrogen-bond donors (Lipinski definition) is 0. The smallest absolute Gasteiger partial charge is 0.159 e. The number of aryl methyl sites for hydroxylation is 1. The first-order chi connectivity index (χ1) is 8.52. The van der Waals surface area contributed by atoms with Gasteiger partial charge in [-0.05, 0) is 13.8 Å². The first-order valence-electron chi connectivity index (χ1n) is 5.59. The Balaban J connectivity index is 2.51. The summed E-state index contributed by atoms with van der Waals surface area (Å²) in [6.07, 6.45) is 1.58. The van der Waals surface area contributed by atoms with Crippen LogP contribution in [0.25, 0.3) is 11.3 Å². The monoisotopic (exact) mass is 266 g/mol. The number of aromatic nitrogens is 4. The van der Waals surface area contributed by atoms with Crippen LogP contribution in [0.4, 0.5) is 0 Å². The molecule has 0 unspecified atom stereocenters. The van der Waals surface area contributed by atoms with Crippen LogP contribution in [0, 0.1) is 6.92 Å². The molecule has 0 aromatic carbocycles. The first kappa shape index (κ1) is 13.0. The predicted octanol–water partition coefficient (Wildman–Crippen LogP) is 2.55.